The number of ether oxygens (including phenoxy) is 2. The van der Waals surface area contributed by atoms with Gasteiger partial charge in [0.25, 0.3) is 5.91 Å². The number of hydrogen-bond donors (Lipinski definition) is 2. The van der Waals surface area contributed by atoms with E-state index >= 15 is 0 Å². The molecule has 0 aliphatic carbocycles. The quantitative estimate of drug-likeness (QED) is 0.668. The van der Waals surface area contributed by atoms with Gasteiger partial charge in [0.15, 0.2) is 6.10 Å². The van der Waals surface area contributed by atoms with Crippen molar-refractivity contribution in [1.82, 2.24) is 10.6 Å². The number of amides is 2. The minimum absolute atomic E-state index is 0.204. The van der Waals surface area contributed by atoms with Crippen molar-refractivity contribution in [3.63, 3.8) is 0 Å². The largest absolute Gasteiger partial charge is 0.480 e. The van der Waals surface area contributed by atoms with E-state index in [0.29, 0.717) is 25.3 Å². The first kappa shape index (κ1) is 21.3. The van der Waals surface area contributed by atoms with Gasteiger partial charge in [-0.25, -0.2) is 4.79 Å². The van der Waals surface area contributed by atoms with Crippen molar-refractivity contribution in [1.29, 1.82) is 0 Å². The molecule has 25 heavy (non-hydrogen) atoms. The third-order valence-corrected chi connectivity index (χ3v) is 3.70. The lowest BCUT2D eigenvalue weighted by Crippen LogP contribution is -2.38. The number of alkyl carbamates (subject to hydrolysis) is 1. The molecule has 0 heterocycles. The maximum absolute atomic E-state index is 12.0. The highest BCUT2D eigenvalue weighted by Crippen LogP contribution is 2.26. The van der Waals surface area contributed by atoms with E-state index in [1.54, 1.807) is 27.7 Å². The fourth-order valence-electron chi connectivity index (χ4n) is 1.89. The van der Waals surface area contributed by atoms with Gasteiger partial charge in [-0.1, -0.05) is 6.07 Å². The third-order valence-electron chi connectivity index (χ3n) is 3.08. The van der Waals surface area contributed by atoms with Gasteiger partial charge in [0.2, 0.25) is 0 Å². The lowest BCUT2D eigenvalue weighted by Gasteiger charge is -2.19. The van der Waals surface area contributed by atoms with Crippen molar-refractivity contribution in [2.75, 3.05) is 13.1 Å². The highest BCUT2D eigenvalue weighted by molar-refractivity contribution is 9.10. The van der Waals surface area contributed by atoms with Crippen LogP contribution in [-0.2, 0) is 9.53 Å². The lowest BCUT2D eigenvalue weighted by molar-refractivity contribution is -0.127. The fraction of sp³-hybridized carbons (Fsp3) is 0.556. The van der Waals surface area contributed by atoms with Crippen LogP contribution in [0.5, 0.6) is 5.75 Å². The van der Waals surface area contributed by atoms with Gasteiger partial charge in [-0.15, -0.1) is 0 Å². The molecule has 0 radical (unpaired) electrons. The minimum Gasteiger partial charge on any atom is -0.480 e. The highest BCUT2D eigenvalue weighted by atomic mass is 79.9. The zero-order chi connectivity index (χ0) is 19.0. The van der Waals surface area contributed by atoms with Gasteiger partial charge in [-0.3, -0.25) is 4.79 Å². The van der Waals surface area contributed by atoms with Gasteiger partial charge in [0.1, 0.15) is 11.4 Å². The monoisotopic (exact) mass is 414 g/mol. The van der Waals surface area contributed by atoms with Crippen LogP contribution in [0.15, 0.2) is 22.7 Å². The van der Waals surface area contributed by atoms with E-state index in [9.17, 15) is 9.59 Å². The SMILES string of the molecule is Cc1ccc(OC(C)C(=O)NCCCNC(=O)OC(C)(C)C)c(Br)c1. The summed E-state index contributed by atoms with van der Waals surface area (Å²) in [6.07, 6.45) is -0.469. The van der Waals surface area contributed by atoms with Crippen LogP contribution in [0.4, 0.5) is 4.79 Å². The van der Waals surface area contributed by atoms with E-state index in [2.05, 4.69) is 26.6 Å². The molecule has 2 N–H and O–H groups in total. The van der Waals surface area contributed by atoms with Crippen molar-refractivity contribution < 1.29 is 19.1 Å². The molecule has 0 fully saturated rings. The first-order chi connectivity index (χ1) is 11.6. The summed E-state index contributed by atoms with van der Waals surface area (Å²) in [5.74, 6) is 0.421. The summed E-state index contributed by atoms with van der Waals surface area (Å²) in [6, 6.07) is 5.68. The van der Waals surface area contributed by atoms with E-state index in [4.69, 9.17) is 9.47 Å². The number of halogens is 1. The first-order valence-corrected chi connectivity index (χ1v) is 9.05. The number of aryl methyl sites for hydroxylation is 1. The van der Waals surface area contributed by atoms with Crippen LogP contribution in [0.3, 0.4) is 0 Å². The highest BCUT2D eigenvalue weighted by Gasteiger charge is 2.17. The molecule has 6 nitrogen and oxygen atoms in total. The van der Waals surface area contributed by atoms with E-state index < -0.39 is 17.8 Å². The van der Waals surface area contributed by atoms with E-state index in [0.717, 1.165) is 10.0 Å². The number of rotatable bonds is 7. The Labute approximate surface area is 157 Å². The Morgan fingerprint density at radius 2 is 1.84 bits per heavy atom. The van der Waals surface area contributed by atoms with Crippen LogP contribution < -0.4 is 15.4 Å². The van der Waals surface area contributed by atoms with Crippen molar-refractivity contribution in [2.24, 2.45) is 0 Å². The van der Waals surface area contributed by atoms with Gasteiger partial charge in [0, 0.05) is 13.1 Å². The van der Waals surface area contributed by atoms with Gasteiger partial charge in [-0.05, 0) is 74.7 Å². The van der Waals surface area contributed by atoms with Crippen LogP contribution in [0.1, 0.15) is 39.7 Å². The van der Waals surface area contributed by atoms with Gasteiger partial charge >= 0.3 is 6.09 Å². The number of carbonyl (C=O) groups is 2. The summed E-state index contributed by atoms with van der Waals surface area (Å²) in [5.41, 5.74) is 0.587. The van der Waals surface area contributed by atoms with Crippen molar-refractivity contribution in [2.45, 2.75) is 52.7 Å². The predicted molar refractivity (Wildman–Crippen MR) is 101 cm³/mol. The molecule has 140 valence electrons. The second kappa shape index (κ2) is 9.65. The van der Waals surface area contributed by atoms with Crippen LogP contribution in [0.2, 0.25) is 0 Å². The molecule has 0 saturated heterocycles. The van der Waals surface area contributed by atoms with Crippen molar-refractivity contribution in [3.05, 3.63) is 28.2 Å². The summed E-state index contributed by atoms with van der Waals surface area (Å²) in [4.78, 5) is 23.5. The molecule has 1 unspecified atom stereocenters. The van der Waals surface area contributed by atoms with Crippen molar-refractivity contribution >= 4 is 27.9 Å². The predicted octanol–water partition coefficient (Wildman–Crippen LogP) is 3.56. The van der Waals surface area contributed by atoms with Crippen LogP contribution in [0.25, 0.3) is 0 Å². The molecule has 0 aliphatic rings. The smallest absolute Gasteiger partial charge is 0.407 e. The summed E-state index contributed by atoms with van der Waals surface area (Å²) in [5, 5.41) is 5.43. The summed E-state index contributed by atoms with van der Waals surface area (Å²) in [7, 11) is 0. The lowest BCUT2D eigenvalue weighted by atomic mass is 10.2. The Morgan fingerprint density at radius 3 is 2.44 bits per heavy atom. The zero-order valence-electron chi connectivity index (χ0n) is 15.4. The second-order valence-electron chi connectivity index (χ2n) is 6.77. The molecular weight excluding hydrogens is 388 g/mol. The molecule has 0 aliphatic heterocycles. The number of nitrogens with one attached hydrogen (secondary N) is 2. The Kier molecular flexibility index (Phi) is 8.22. The van der Waals surface area contributed by atoms with Gasteiger partial charge in [0.05, 0.1) is 4.47 Å². The van der Waals surface area contributed by atoms with Gasteiger partial charge in [-0.2, -0.15) is 0 Å². The molecule has 7 heteroatoms. The maximum atomic E-state index is 12.0. The molecule has 1 atom stereocenters. The molecule has 2 amide bonds. The molecule has 1 aromatic carbocycles. The molecule has 1 aromatic rings. The van der Waals surface area contributed by atoms with Crippen LogP contribution in [-0.4, -0.2) is 36.8 Å². The Hall–Kier alpha value is -1.76. The molecular formula is C18H27BrN2O4. The third kappa shape index (κ3) is 8.77. The second-order valence-corrected chi connectivity index (χ2v) is 7.62. The molecule has 0 aromatic heterocycles. The minimum atomic E-state index is -0.613. The van der Waals surface area contributed by atoms with Crippen LogP contribution in [0, 0.1) is 6.92 Å². The first-order valence-electron chi connectivity index (χ1n) is 8.26. The molecule has 0 spiro atoms. The van der Waals surface area contributed by atoms with Crippen molar-refractivity contribution in [3.8, 4) is 5.75 Å². The topological polar surface area (TPSA) is 76.7 Å². The Morgan fingerprint density at radius 1 is 1.20 bits per heavy atom. The van der Waals surface area contributed by atoms with Crippen LogP contribution >= 0.6 is 15.9 Å². The van der Waals surface area contributed by atoms with E-state index in [1.165, 1.54) is 0 Å². The summed E-state index contributed by atoms with van der Waals surface area (Å²) >= 11 is 3.42. The normalized spacial score (nSPS) is 12.2. The standard InChI is InChI=1S/C18H27BrN2O4/c1-12-7-8-15(14(19)11-12)24-13(2)16(22)20-9-6-10-21-17(23)25-18(3,4)5/h7-8,11,13H,6,9-10H2,1-5H3,(H,20,22)(H,21,23). The molecule has 0 bridgehead atoms. The zero-order valence-corrected chi connectivity index (χ0v) is 17.0. The Bertz CT molecular complexity index is 599. The fourth-order valence-corrected chi connectivity index (χ4v) is 2.48. The number of benzene rings is 1. The van der Waals surface area contributed by atoms with E-state index in [1.807, 2.05) is 25.1 Å². The summed E-state index contributed by atoms with van der Waals surface area (Å²) in [6.45, 7) is 9.96. The van der Waals surface area contributed by atoms with Gasteiger partial charge < -0.3 is 20.1 Å². The van der Waals surface area contributed by atoms with E-state index in [-0.39, 0.29) is 5.91 Å². The number of carbonyl (C=O) groups excluding carboxylic acids is 2. The summed E-state index contributed by atoms with van der Waals surface area (Å²) < 4.78 is 11.6. The molecule has 0 saturated carbocycles. The maximum Gasteiger partial charge on any atom is 0.407 e. The Balaban J connectivity index is 2.26. The average molecular weight is 415 g/mol. The number of hydrogen-bond acceptors (Lipinski definition) is 4. The molecule has 1 rings (SSSR count). The average Bonchev–Trinajstić information content (AvgIpc) is 2.47.